The molecule has 218 valence electrons. The largest absolute Gasteiger partial charge is 0.491 e. The third-order valence-electron chi connectivity index (χ3n) is 6.92. The number of aliphatic hydroxyl groups excluding tert-OH is 1. The van der Waals surface area contributed by atoms with Crippen LogP contribution in [-0.4, -0.2) is 56.6 Å². The number of epoxide rings is 1. The first-order chi connectivity index (χ1) is 20.6. The smallest absolute Gasteiger partial charge is 0.185 e. The van der Waals surface area contributed by atoms with Gasteiger partial charge in [-0.2, -0.15) is 5.48 Å². The van der Waals surface area contributed by atoms with E-state index in [1.54, 1.807) is 0 Å². The molecule has 2 N–H and O–H groups in total. The van der Waals surface area contributed by atoms with Crippen LogP contribution < -0.4 is 24.4 Å². The summed E-state index contributed by atoms with van der Waals surface area (Å²) in [7, 11) is 0. The maximum atomic E-state index is 10.4. The third kappa shape index (κ3) is 8.96. The van der Waals surface area contributed by atoms with Crippen molar-refractivity contribution in [3.8, 4) is 23.0 Å². The van der Waals surface area contributed by atoms with Gasteiger partial charge in [-0.25, -0.2) is 0 Å². The molecule has 0 amide bonds. The van der Waals surface area contributed by atoms with Crippen LogP contribution in [0, 0.1) is 0 Å². The Kier molecular flexibility index (Phi) is 9.17. The van der Waals surface area contributed by atoms with Crippen LogP contribution >= 0.6 is 0 Å². The average molecular weight is 570 g/mol. The van der Waals surface area contributed by atoms with Gasteiger partial charge in [0.15, 0.2) is 6.23 Å². The molecule has 2 fully saturated rings. The lowest BCUT2D eigenvalue weighted by atomic mass is 10.0. The van der Waals surface area contributed by atoms with Crippen molar-refractivity contribution in [2.45, 2.75) is 31.3 Å². The van der Waals surface area contributed by atoms with Crippen LogP contribution in [0.25, 0.3) is 0 Å². The van der Waals surface area contributed by atoms with E-state index >= 15 is 0 Å². The van der Waals surface area contributed by atoms with Gasteiger partial charge in [0.1, 0.15) is 61.6 Å². The fourth-order valence-electron chi connectivity index (χ4n) is 4.36. The van der Waals surface area contributed by atoms with E-state index in [-0.39, 0.29) is 25.5 Å². The number of hydrogen-bond donors (Lipinski definition) is 2. The first-order valence-corrected chi connectivity index (χ1v) is 14.2. The fraction of sp³-hybridized carbons (Fsp3) is 0.294. The Morgan fingerprint density at radius 1 is 0.595 bits per heavy atom. The molecule has 4 aromatic carbocycles. The van der Waals surface area contributed by atoms with Crippen molar-refractivity contribution in [3.63, 3.8) is 0 Å². The monoisotopic (exact) mass is 569 g/mol. The van der Waals surface area contributed by atoms with Gasteiger partial charge < -0.3 is 28.8 Å². The number of hydrogen-bond acceptors (Lipinski definition) is 8. The van der Waals surface area contributed by atoms with Gasteiger partial charge in [0.2, 0.25) is 0 Å². The van der Waals surface area contributed by atoms with Gasteiger partial charge in [-0.3, -0.25) is 4.84 Å². The number of hydroxylamine groups is 1. The molecule has 0 aliphatic carbocycles. The first-order valence-electron chi connectivity index (χ1n) is 14.2. The van der Waals surface area contributed by atoms with E-state index in [1.807, 2.05) is 72.8 Å². The van der Waals surface area contributed by atoms with E-state index in [9.17, 15) is 5.11 Å². The van der Waals surface area contributed by atoms with Gasteiger partial charge in [0.25, 0.3) is 0 Å². The molecule has 3 atom stereocenters. The summed E-state index contributed by atoms with van der Waals surface area (Å²) in [4.78, 5) is 4.92. The molecule has 2 aliphatic heterocycles. The second-order valence-corrected chi connectivity index (χ2v) is 10.5. The lowest BCUT2D eigenvalue weighted by Gasteiger charge is -2.14. The van der Waals surface area contributed by atoms with E-state index in [4.69, 9.17) is 28.5 Å². The second-order valence-electron chi connectivity index (χ2n) is 10.5. The van der Waals surface area contributed by atoms with Crippen LogP contribution in [-0.2, 0) is 22.4 Å². The standard InChI is InChI=1S/C34H35NO7/c36-28(19-37-29-9-1-24(2-10-29)17-26-5-13-31(14-6-26)39-21-33-22-40-33)20-38-30-11-3-25(4-12-30)18-27-7-15-32(16-8-27)41-23-34-35-42-34/h1-16,28,33-36H,17-23H2. The van der Waals surface area contributed by atoms with Crippen molar-refractivity contribution >= 4 is 0 Å². The summed E-state index contributed by atoms with van der Waals surface area (Å²) in [6.45, 7) is 2.20. The summed E-state index contributed by atoms with van der Waals surface area (Å²) in [5, 5.41) is 10.4. The molecule has 6 rings (SSSR count). The Morgan fingerprint density at radius 2 is 0.952 bits per heavy atom. The number of aliphatic hydroxyl groups is 1. The van der Waals surface area contributed by atoms with Crippen LogP contribution in [0.5, 0.6) is 23.0 Å². The average Bonchev–Trinajstić information content (AvgIpc) is 3.96. The molecule has 0 radical (unpaired) electrons. The van der Waals surface area contributed by atoms with Crippen molar-refractivity contribution in [2.24, 2.45) is 0 Å². The lowest BCUT2D eigenvalue weighted by Crippen LogP contribution is -2.25. The van der Waals surface area contributed by atoms with Crippen LogP contribution in [0.3, 0.4) is 0 Å². The molecule has 0 spiro atoms. The molecule has 4 aromatic rings. The van der Waals surface area contributed by atoms with E-state index < -0.39 is 6.10 Å². The van der Waals surface area contributed by atoms with Crippen LogP contribution in [0.4, 0.5) is 0 Å². The summed E-state index contributed by atoms with van der Waals surface area (Å²) in [5.74, 6) is 3.10. The number of ether oxygens (including phenoxy) is 5. The highest BCUT2D eigenvalue weighted by Crippen LogP contribution is 2.21. The Balaban J connectivity index is 0.884. The number of benzene rings is 4. The zero-order valence-electron chi connectivity index (χ0n) is 23.3. The minimum Gasteiger partial charge on any atom is -0.491 e. The number of rotatable bonds is 16. The first kappa shape index (κ1) is 28.1. The summed E-state index contributed by atoms with van der Waals surface area (Å²) in [5.41, 5.74) is 7.48. The SMILES string of the molecule is OC(COc1ccc(Cc2ccc(OCC3CO3)cc2)cc1)COc1ccc(Cc2ccc(OCC3NO3)cc2)cc1. The minimum atomic E-state index is -0.750. The molecule has 0 saturated carbocycles. The molecule has 2 aliphatic rings. The molecular formula is C34H35NO7. The van der Waals surface area contributed by atoms with Crippen molar-refractivity contribution < 1.29 is 33.6 Å². The summed E-state index contributed by atoms with van der Waals surface area (Å²) in [6, 6.07) is 32.1. The molecule has 3 unspecified atom stereocenters. The van der Waals surface area contributed by atoms with Gasteiger partial charge in [0, 0.05) is 0 Å². The maximum absolute atomic E-state index is 10.4. The summed E-state index contributed by atoms with van der Waals surface area (Å²) in [6.07, 6.45) is 1.13. The van der Waals surface area contributed by atoms with Gasteiger partial charge in [-0.1, -0.05) is 48.5 Å². The minimum absolute atomic E-state index is 0.00565. The van der Waals surface area contributed by atoms with Gasteiger partial charge in [0.05, 0.1) is 6.61 Å². The molecule has 0 bridgehead atoms. The summed E-state index contributed by atoms with van der Waals surface area (Å²) < 4.78 is 28.1. The Labute approximate surface area is 245 Å². The van der Waals surface area contributed by atoms with Crippen LogP contribution in [0.15, 0.2) is 97.1 Å². The quantitative estimate of drug-likeness (QED) is 0.187. The maximum Gasteiger partial charge on any atom is 0.185 e. The van der Waals surface area contributed by atoms with Crippen LogP contribution in [0.2, 0.25) is 0 Å². The lowest BCUT2D eigenvalue weighted by molar-refractivity contribution is 0.0626. The Hall–Kier alpha value is -4.08. The molecule has 0 aromatic heterocycles. The molecular weight excluding hydrogens is 534 g/mol. The Morgan fingerprint density at radius 3 is 1.31 bits per heavy atom. The highest BCUT2D eigenvalue weighted by molar-refractivity contribution is 5.35. The highest BCUT2D eigenvalue weighted by Gasteiger charge is 2.23. The van der Waals surface area contributed by atoms with Crippen molar-refractivity contribution in [1.82, 2.24) is 5.48 Å². The molecule has 42 heavy (non-hydrogen) atoms. The normalized spacial score (nSPS) is 17.7. The van der Waals surface area contributed by atoms with Crippen LogP contribution in [0.1, 0.15) is 22.3 Å². The van der Waals surface area contributed by atoms with E-state index in [1.165, 1.54) is 22.3 Å². The molecule has 2 saturated heterocycles. The zero-order chi connectivity index (χ0) is 28.6. The third-order valence-corrected chi connectivity index (χ3v) is 6.92. The zero-order valence-corrected chi connectivity index (χ0v) is 23.3. The van der Waals surface area contributed by atoms with Crippen molar-refractivity contribution in [2.75, 3.05) is 33.0 Å². The Bertz CT molecular complexity index is 1280. The van der Waals surface area contributed by atoms with Crippen molar-refractivity contribution in [3.05, 3.63) is 119 Å². The van der Waals surface area contributed by atoms with E-state index in [0.717, 1.165) is 30.9 Å². The van der Waals surface area contributed by atoms with E-state index in [0.29, 0.717) is 24.7 Å². The predicted molar refractivity (Wildman–Crippen MR) is 157 cm³/mol. The summed E-state index contributed by atoms with van der Waals surface area (Å²) >= 11 is 0. The predicted octanol–water partition coefficient (Wildman–Crippen LogP) is 4.70. The topological polar surface area (TPSA) is 104 Å². The van der Waals surface area contributed by atoms with Gasteiger partial charge >= 0.3 is 0 Å². The highest BCUT2D eigenvalue weighted by atomic mass is 16.8. The molecule has 8 heteroatoms. The van der Waals surface area contributed by atoms with Crippen molar-refractivity contribution in [1.29, 1.82) is 0 Å². The van der Waals surface area contributed by atoms with Gasteiger partial charge in [-0.05, 0) is 83.6 Å². The molecule has 2 heterocycles. The fourth-order valence-corrected chi connectivity index (χ4v) is 4.36. The van der Waals surface area contributed by atoms with E-state index in [2.05, 4.69) is 29.7 Å². The number of nitrogens with one attached hydrogen (secondary N) is 1. The van der Waals surface area contributed by atoms with Gasteiger partial charge in [-0.15, -0.1) is 0 Å². The second kappa shape index (κ2) is 13.7. The molecule has 8 nitrogen and oxygen atoms in total.